The predicted octanol–water partition coefficient (Wildman–Crippen LogP) is 0.247. The number of aliphatic hydroxyl groups excluding tert-OH is 1. The van der Waals surface area contributed by atoms with Crippen LogP contribution in [0.1, 0.15) is 25.7 Å². The van der Waals surface area contributed by atoms with E-state index in [1.54, 1.807) is 6.08 Å². The van der Waals surface area contributed by atoms with Crippen LogP contribution in [-0.2, 0) is 15.0 Å². The number of hydrogen-bond acceptors (Lipinski definition) is 5. The Kier molecular flexibility index (Phi) is 4.64. The first kappa shape index (κ1) is 17.3. The van der Waals surface area contributed by atoms with E-state index < -0.39 is 41.0 Å². The third-order valence-corrected chi connectivity index (χ3v) is 6.86. The van der Waals surface area contributed by atoms with Crippen molar-refractivity contribution in [1.82, 2.24) is 9.03 Å². The normalized spacial score (nSPS) is 42.5. The quantitative estimate of drug-likeness (QED) is 0.688. The summed E-state index contributed by atoms with van der Waals surface area (Å²) in [5, 5.41) is 19.0. The summed E-state index contributed by atoms with van der Waals surface area (Å²) in [6.07, 6.45) is 2.88. The topological polar surface area (TPSA) is 110 Å². The van der Waals surface area contributed by atoms with E-state index in [9.17, 15) is 18.3 Å². The molecule has 6 unspecified atom stereocenters. The smallest absolute Gasteiger partial charge is 0.304 e. The second kappa shape index (κ2) is 6.43. The summed E-state index contributed by atoms with van der Waals surface area (Å²) in [7, 11) is -4.09. The molecule has 0 spiro atoms. The molecule has 0 aromatic carbocycles. The molecule has 2 saturated carbocycles. The molecule has 6 atom stereocenters. The fourth-order valence-corrected chi connectivity index (χ4v) is 5.67. The van der Waals surface area contributed by atoms with Crippen LogP contribution < -0.4 is 4.72 Å². The minimum atomic E-state index is -4.09. The number of fused-ring (bicyclic) bond motifs is 1. The van der Waals surface area contributed by atoms with E-state index in [0.717, 1.165) is 17.1 Å². The summed E-state index contributed by atoms with van der Waals surface area (Å²) in [5.41, 5.74) is 0. The van der Waals surface area contributed by atoms with Crippen LogP contribution >= 0.6 is 0 Å². The molecule has 1 heterocycles. The Balaban J connectivity index is 1.82. The molecule has 3 aliphatic rings. The van der Waals surface area contributed by atoms with Crippen molar-refractivity contribution in [2.24, 2.45) is 17.8 Å². The molecule has 3 fully saturated rings. The minimum Gasteiger partial charge on any atom is -0.391 e. The molecule has 2 N–H and O–H groups in total. The highest BCUT2D eigenvalue weighted by atomic mass is 32.2. The fraction of sp³-hybridized carbons (Fsp3) is 0.733. The van der Waals surface area contributed by atoms with Crippen LogP contribution in [0.2, 0.25) is 0 Å². The maximum Gasteiger partial charge on any atom is 0.304 e. The first-order valence-corrected chi connectivity index (χ1v) is 9.48. The number of hydrogen-bond donors (Lipinski definition) is 2. The summed E-state index contributed by atoms with van der Waals surface area (Å²) >= 11 is 0. The third-order valence-electron chi connectivity index (χ3n) is 5.39. The highest BCUT2D eigenvalue weighted by molar-refractivity contribution is 7.88. The van der Waals surface area contributed by atoms with Gasteiger partial charge in [0.05, 0.1) is 24.8 Å². The Morgan fingerprint density at radius 1 is 1.38 bits per heavy atom. The molecule has 0 aromatic rings. The summed E-state index contributed by atoms with van der Waals surface area (Å²) in [5.74, 6) is -1.02. The van der Waals surface area contributed by atoms with Gasteiger partial charge in [-0.05, 0) is 43.4 Å². The minimum absolute atomic E-state index is 0.00745. The van der Waals surface area contributed by atoms with Crippen molar-refractivity contribution in [3.63, 3.8) is 0 Å². The lowest BCUT2D eigenvalue weighted by molar-refractivity contribution is -0.119. The van der Waals surface area contributed by atoms with E-state index in [1.807, 2.05) is 10.8 Å². The molecule has 1 saturated heterocycles. The fourth-order valence-electron chi connectivity index (χ4n) is 4.33. The number of aliphatic hydroxyl groups is 1. The Bertz CT molecular complexity index is 689. The maximum atomic E-state index is 15.2. The van der Waals surface area contributed by atoms with Gasteiger partial charge in [-0.25, -0.2) is 9.11 Å². The van der Waals surface area contributed by atoms with Gasteiger partial charge in [0.25, 0.3) is 0 Å². The summed E-state index contributed by atoms with van der Waals surface area (Å²) in [6.45, 7) is -0.459. The third kappa shape index (κ3) is 3.06. The van der Waals surface area contributed by atoms with Crippen LogP contribution in [0.15, 0.2) is 12.2 Å². The standard InChI is InChI=1S/C15H20FN3O4S/c16-14-11-6-9(2-1-5-17)3-4-10(11)7-12(20)15(14)19-8-13(21)18-24(19,22)23/h1-2,9-12,14-15,20H,3-4,6-8H2,(H,18,21)/b2-1+. The average molecular weight is 357 g/mol. The number of rotatable bonds is 2. The second-order valence-electron chi connectivity index (χ2n) is 6.80. The lowest BCUT2D eigenvalue weighted by atomic mass is 9.64. The van der Waals surface area contributed by atoms with Crippen molar-refractivity contribution in [3.8, 4) is 6.07 Å². The monoisotopic (exact) mass is 357 g/mol. The molecule has 3 rings (SSSR count). The Hall–Kier alpha value is -1.50. The molecule has 0 aromatic heterocycles. The van der Waals surface area contributed by atoms with Gasteiger partial charge < -0.3 is 5.11 Å². The van der Waals surface area contributed by atoms with Crippen LogP contribution in [0.25, 0.3) is 0 Å². The molecule has 24 heavy (non-hydrogen) atoms. The number of nitriles is 1. The Labute approximate surface area is 140 Å². The van der Waals surface area contributed by atoms with Gasteiger partial charge in [-0.3, -0.25) is 4.79 Å². The van der Waals surface area contributed by atoms with Gasteiger partial charge in [0.15, 0.2) is 0 Å². The van der Waals surface area contributed by atoms with E-state index in [0.29, 0.717) is 12.8 Å². The highest BCUT2D eigenvalue weighted by Crippen LogP contribution is 2.46. The number of amides is 1. The second-order valence-corrected chi connectivity index (χ2v) is 8.42. The number of alkyl halides is 1. The molecule has 0 bridgehead atoms. The van der Waals surface area contributed by atoms with Crippen molar-refractivity contribution >= 4 is 16.1 Å². The van der Waals surface area contributed by atoms with Crippen molar-refractivity contribution in [2.45, 2.75) is 44.0 Å². The number of allylic oxidation sites excluding steroid dienone is 2. The SMILES string of the molecule is N#C/C=C/C1CCC2CC(O)C(N3CC(=O)NS3(=O)=O)C(F)C2C1. The van der Waals surface area contributed by atoms with E-state index in [4.69, 9.17) is 5.26 Å². The van der Waals surface area contributed by atoms with Crippen molar-refractivity contribution in [2.75, 3.05) is 6.54 Å². The molecule has 132 valence electrons. The van der Waals surface area contributed by atoms with Gasteiger partial charge in [0.2, 0.25) is 5.91 Å². The largest absolute Gasteiger partial charge is 0.391 e. The van der Waals surface area contributed by atoms with E-state index in [2.05, 4.69) is 0 Å². The molecular weight excluding hydrogens is 337 g/mol. The van der Waals surface area contributed by atoms with Crippen LogP contribution in [0, 0.1) is 29.1 Å². The lowest BCUT2D eigenvalue weighted by Crippen LogP contribution is -2.58. The van der Waals surface area contributed by atoms with Gasteiger partial charge in [0.1, 0.15) is 6.17 Å². The van der Waals surface area contributed by atoms with E-state index in [-0.39, 0.29) is 17.8 Å². The summed E-state index contributed by atoms with van der Waals surface area (Å²) in [4.78, 5) is 11.4. The Morgan fingerprint density at radius 3 is 2.75 bits per heavy atom. The number of nitrogens with one attached hydrogen (secondary N) is 1. The number of nitrogens with zero attached hydrogens (tertiary/aromatic N) is 2. The van der Waals surface area contributed by atoms with Crippen LogP contribution in [0.3, 0.4) is 0 Å². The Morgan fingerprint density at radius 2 is 2.12 bits per heavy atom. The van der Waals surface area contributed by atoms with Gasteiger partial charge in [-0.2, -0.15) is 18.0 Å². The van der Waals surface area contributed by atoms with E-state index >= 15 is 4.39 Å². The molecule has 1 amide bonds. The molecule has 0 radical (unpaired) electrons. The molecule has 9 heteroatoms. The van der Waals surface area contributed by atoms with Crippen molar-refractivity contribution < 1.29 is 22.7 Å². The number of carbonyl (C=O) groups is 1. The number of halogens is 1. The van der Waals surface area contributed by atoms with Crippen molar-refractivity contribution in [3.05, 3.63) is 12.2 Å². The van der Waals surface area contributed by atoms with Gasteiger partial charge in [-0.1, -0.05) is 6.08 Å². The number of carbonyl (C=O) groups excluding carboxylic acids is 1. The molecular formula is C15H20FN3O4S. The average Bonchev–Trinajstić information content (AvgIpc) is 2.78. The summed E-state index contributed by atoms with van der Waals surface area (Å²) < 4.78 is 41.7. The van der Waals surface area contributed by atoms with Crippen LogP contribution in [0.5, 0.6) is 0 Å². The lowest BCUT2D eigenvalue weighted by Gasteiger charge is -2.47. The predicted molar refractivity (Wildman–Crippen MR) is 82.2 cm³/mol. The van der Waals surface area contributed by atoms with Crippen LogP contribution in [0.4, 0.5) is 4.39 Å². The van der Waals surface area contributed by atoms with Gasteiger partial charge >= 0.3 is 10.2 Å². The molecule has 1 aliphatic heterocycles. The van der Waals surface area contributed by atoms with Crippen molar-refractivity contribution in [1.29, 1.82) is 5.26 Å². The van der Waals surface area contributed by atoms with Gasteiger partial charge in [0, 0.05) is 6.08 Å². The zero-order valence-corrected chi connectivity index (χ0v) is 13.8. The van der Waals surface area contributed by atoms with E-state index in [1.165, 1.54) is 6.08 Å². The first-order valence-electron chi connectivity index (χ1n) is 8.04. The van der Waals surface area contributed by atoms with Gasteiger partial charge in [-0.15, -0.1) is 0 Å². The zero-order valence-electron chi connectivity index (χ0n) is 13.0. The first-order chi connectivity index (χ1) is 11.3. The molecule has 7 nitrogen and oxygen atoms in total. The van der Waals surface area contributed by atoms with Crippen LogP contribution in [-0.4, -0.2) is 48.6 Å². The zero-order chi connectivity index (χ0) is 17.5. The highest BCUT2D eigenvalue weighted by Gasteiger charge is 2.53. The summed E-state index contributed by atoms with van der Waals surface area (Å²) in [6, 6.07) is 0.685. The molecule has 2 aliphatic carbocycles. The maximum absolute atomic E-state index is 15.2.